The topological polar surface area (TPSA) is 43.7 Å². The summed E-state index contributed by atoms with van der Waals surface area (Å²) in [4.78, 5) is 14.9. The Hall–Kier alpha value is -2.66. The molecule has 27 heavy (non-hydrogen) atoms. The van der Waals surface area contributed by atoms with E-state index in [9.17, 15) is 4.79 Å². The van der Waals surface area contributed by atoms with Gasteiger partial charge < -0.3 is 18.9 Å². The van der Waals surface area contributed by atoms with E-state index >= 15 is 0 Å². The number of rotatable bonds is 3. The molecule has 0 saturated carbocycles. The highest BCUT2D eigenvalue weighted by Crippen LogP contribution is 2.34. The van der Waals surface area contributed by atoms with Crippen molar-refractivity contribution in [3.63, 3.8) is 0 Å². The lowest BCUT2D eigenvalue weighted by molar-refractivity contribution is 0.0733. The quantitative estimate of drug-likeness (QED) is 0.670. The Labute approximate surface area is 163 Å². The summed E-state index contributed by atoms with van der Waals surface area (Å²) in [6.45, 7) is 3.10. The molecule has 0 N–H and O–H groups in total. The molecule has 4 rings (SSSR count). The van der Waals surface area contributed by atoms with Gasteiger partial charge in [-0.15, -0.1) is 0 Å². The van der Waals surface area contributed by atoms with E-state index in [-0.39, 0.29) is 11.9 Å². The first-order chi connectivity index (χ1) is 13.0. The van der Waals surface area contributed by atoms with Gasteiger partial charge in [0.2, 0.25) is 0 Å². The first kappa shape index (κ1) is 17.7. The fraction of sp³-hybridized carbons (Fsp3) is 0.286. The van der Waals surface area contributed by atoms with Crippen molar-refractivity contribution in [3.8, 4) is 11.5 Å². The number of amides is 1. The van der Waals surface area contributed by atoms with Crippen LogP contribution in [0.3, 0.4) is 0 Å². The number of hydrogen-bond donors (Lipinski definition) is 0. The molecule has 0 bridgehead atoms. The van der Waals surface area contributed by atoms with Gasteiger partial charge in [-0.1, -0.05) is 23.7 Å². The van der Waals surface area contributed by atoms with E-state index in [1.807, 2.05) is 68.1 Å². The Morgan fingerprint density at radius 3 is 2.63 bits per heavy atom. The molecular formula is C21H21ClN2O3. The number of halogens is 1. The SMILES string of the molecule is CC(c1ccc2c(c1)OCCO2)N(C)C(=O)c1cc2c(Cl)cccc2n1C. The zero-order valence-electron chi connectivity index (χ0n) is 15.5. The van der Waals surface area contributed by atoms with Crippen molar-refractivity contribution in [1.29, 1.82) is 0 Å². The second kappa shape index (κ2) is 6.82. The first-order valence-electron chi connectivity index (χ1n) is 8.88. The number of nitrogens with zero attached hydrogens (tertiary/aromatic N) is 2. The lowest BCUT2D eigenvalue weighted by Gasteiger charge is -2.27. The minimum absolute atomic E-state index is 0.0628. The Balaban J connectivity index is 1.64. The van der Waals surface area contributed by atoms with Crippen LogP contribution in [0.4, 0.5) is 0 Å². The molecule has 2 heterocycles. The maximum atomic E-state index is 13.2. The van der Waals surface area contributed by atoms with Crippen LogP contribution in [0.25, 0.3) is 10.9 Å². The lowest BCUT2D eigenvalue weighted by atomic mass is 10.1. The Kier molecular flexibility index (Phi) is 4.48. The van der Waals surface area contributed by atoms with Crippen molar-refractivity contribution in [3.05, 3.63) is 58.7 Å². The van der Waals surface area contributed by atoms with Gasteiger partial charge in [-0.05, 0) is 42.8 Å². The summed E-state index contributed by atoms with van der Waals surface area (Å²) in [5.41, 5.74) is 2.53. The molecule has 0 spiro atoms. The zero-order valence-corrected chi connectivity index (χ0v) is 16.3. The van der Waals surface area contributed by atoms with Crippen LogP contribution >= 0.6 is 11.6 Å². The molecule has 1 aliphatic heterocycles. The van der Waals surface area contributed by atoms with Crippen LogP contribution in [0.5, 0.6) is 11.5 Å². The van der Waals surface area contributed by atoms with Crippen molar-refractivity contribution in [2.45, 2.75) is 13.0 Å². The van der Waals surface area contributed by atoms with Crippen molar-refractivity contribution >= 4 is 28.4 Å². The Morgan fingerprint density at radius 1 is 1.15 bits per heavy atom. The van der Waals surface area contributed by atoms with Crippen molar-refractivity contribution in [1.82, 2.24) is 9.47 Å². The maximum Gasteiger partial charge on any atom is 0.270 e. The zero-order chi connectivity index (χ0) is 19.1. The van der Waals surface area contributed by atoms with E-state index in [2.05, 4.69) is 0 Å². The molecule has 1 aliphatic rings. The van der Waals surface area contributed by atoms with Gasteiger partial charge in [0.25, 0.3) is 5.91 Å². The van der Waals surface area contributed by atoms with Gasteiger partial charge in [0.1, 0.15) is 18.9 Å². The van der Waals surface area contributed by atoms with Gasteiger partial charge in [-0.2, -0.15) is 0 Å². The van der Waals surface area contributed by atoms with Gasteiger partial charge in [0.15, 0.2) is 11.5 Å². The van der Waals surface area contributed by atoms with Crippen LogP contribution in [0.15, 0.2) is 42.5 Å². The van der Waals surface area contributed by atoms with Crippen LogP contribution in [-0.2, 0) is 7.05 Å². The normalized spacial score (nSPS) is 14.2. The predicted octanol–water partition coefficient (Wildman–Crippen LogP) is 4.44. The average molecular weight is 385 g/mol. The molecule has 1 aromatic heterocycles. The summed E-state index contributed by atoms with van der Waals surface area (Å²) in [6, 6.07) is 13.2. The summed E-state index contributed by atoms with van der Waals surface area (Å²) >= 11 is 6.29. The van der Waals surface area contributed by atoms with Gasteiger partial charge in [-0.25, -0.2) is 0 Å². The summed E-state index contributed by atoms with van der Waals surface area (Å²) in [5.74, 6) is 1.41. The van der Waals surface area contributed by atoms with Crippen molar-refractivity contribution in [2.24, 2.45) is 7.05 Å². The highest BCUT2D eigenvalue weighted by atomic mass is 35.5. The number of benzene rings is 2. The first-order valence-corrected chi connectivity index (χ1v) is 9.26. The standard InChI is InChI=1S/C21H21ClN2O3/c1-13(14-7-8-19-20(11-14)27-10-9-26-19)23(2)21(25)18-12-15-16(22)5-4-6-17(15)24(18)3/h4-8,11-13H,9-10H2,1-3H3. The highest BCUT2D eigenvalue weighted by molar-refractivity contribution is 6.35. The third-order valence-electron chi connectivity index (χ3n) is 5.20. The van der Waals surface area contributed by atoms with E-state index in [4.69, 9.17) is 21.1 Å². The van der Waals surface area contributed by atoms with Crippen molar-refractivity contribution in [2.75, 3.05) is 20.3 Å². The van der Waals surface area contributed by atoms with Crippen molar-refractivity contribution < 1.29 is 14.3 Å². The number of carbonyl (C=O) groups excluding carboxylic acids is 1. The van der Waals surface area contributed by atoms with Gasteiger partial charge >= 0.3 is 0 Å². The summed E-state index contributed by atoms with van der Waals surface area (Å²) in [6.07, 6.45) is 0. The molecule has 0 aliphatic carbocycles. The third kappa shape index (κ3) is 3.02. The number of hydrogen-bond acceptors (Lipinski definition) is 3. The third-order valence-corrected chi connectivity index (χ3v) is 5.53. The van der Waals surface area contributed by atoms with E-state index in [0.717, 1.165) is 28.0 Å². The molecular weight excluding hydrogens is 364 g/mol. The van der Waals surface area contributed by atoms with Gasteiger partial charge in [0.05, 0.1) is 6.04 Å². The van der Waals surface area contributed by atoms with Crippen LogP contribution < -0.4 is 9.47 Å². The van der Waals surface area contributed by atoms with E-state index < -0.39 is 0 Å². The monoisotopic (exact) mass is 384 g/mol. The molecule has 5 nitrogen and oxygen atoms in total. The van der Waals surface area contributed by atoms with Gasteiger partial charge in [0, 0.05) is 30.0 Å². The second-order valence-electron chi connectivity index (χ2n) is 6.76. The maximum absolute atomic E-state index is 13.2. The molecule has 1 unspecified atom stereocenters. The fourth-order valence-electron chi connectivity index (χ4n) is 3.43. The molecule has 0 saturated heterocycles. The predicted molar refractivity (Wildman–Crippen MR) is 106 cm³/mol. The number of carbonyl (C=O) groups is 1. The minimum Gasteiger partial charge on any atom is -0.486 e. The number of ether oxygens (including phenoxy) is 2. The molecule has 6 heteroatoms. The lowest BCUT2D eigenvalue weighted by Crippen LogP contribution is -2.31. The smallest absolute Gasteiger partial charge is 0.270 e. The van der Waals surface area contributed by atoms with Gasteiger partial charge in [-0.3, -0.25) is 4.79 Å². The summed E-state index contributed by atoms with van der Waals surface area (Å²) in [7, 11) is 3.69. The molecule has 3 aromatic rings. The number of aromatic nitrogens is 1. The van der Waals surface area contributed by atoms with Crippen LogP contribution in [-0.4, -0.2) is 35.6 Å². The van der Waals surface area contributed by atoms with Crippen LogP contribution in [0, 0.1) is 0 Å². The summed E-state index contributed by atoms with van der Waals surface area (Å²) < 4.78 is 13.1. The molecule has 140 valence electrons. The Morgan fingerprint density at radius 2 is 1.89 bits per heavy atom. The van der Waals surface area contributed by atoms with Crippen LogP contribution in [0.1, 0.15) is 29.0 Å². The Bertz CT molecular complexity index is 1030. The minimum atomic E-state index is -0.123. The number of aryl methyl sites for hydroxylation is 1. The molecule has 2 aromatic carbocycles. The molecule has 0 fully saturated rings. The largest absolute Gasteiger partial charge is 0.486 e. The molecule has 1 atom stereocenters. The fourth-order valence-corrected chi connectivity index (χ4v) is 3.65. The van der Waals surface area contributed by atoms with E-state index in [1.165, 1.54) is 0 Å². The summed E-state index contributed by atoms with van der Waals surface area (Å²) in [5, 5.41) is 1.52. The molecule has 1 amide bonds. The highest BCUT2D eigenvalue weighted by Gasteiger charge is 2.24. The van der Waals surface area contributed by atoms with Crippen LogP contribution in [0.2, 0.25) is 5.02 Å². The second-order valence-corrected chi connectivity index (χ2v) is 7.16. The number of fused-ring (bicyclic) bond motifs is 2. The van der Waals surface area contributed by atoms with E-state index in [1.54, 1.807) is 4.90 Å². The van der Waals surface area contributed by atoms with E-state index in [0.29, 0.717) is 23.9 Å². The average Bonchev–Trinajstić information content (AvgIpc) is 3.04. The molecule has 0 radical (unpaired) electrons.